The lowest BCUT2D eigenvalue weighted by Crippen LogP contribution is -2.42. The molecule has 0 aliphatic rings. The van der Waals surface area contributed by atoms with Crippen LogP contribution in [0.5, 0.6) is 5.75 Å². The number of carboxylic acid groups (broad SMARTS) is 1. The summed E-state index contributed by atoms with van der Waals surface area (Å²) in [4.78, 5) is 60.2. The number of benzene rings is 2. The van der Waals surface area contributed by atoms with Gasteiger partial charge in [-0.05, 0) is 29.8 Å². The molecule has 0 saturated heterocycles. The number of phenolic OH excluding ortho intramolecular Hbond substituents is 1. The summed E-state index contributed by atoms with van der Waals surface area (Å²) in [5.41, 5.74) is 4.31. The first-order valence-corrected chi connectivity index (χ1v) is 10.3. The lowest BCUT2D eigenvalue weighted by Gasteiger charge is -2.15. The standard InChI is InChI=1S/C22H23N5O7/c23-12-15(28)7-9-19(30)24-16(20(31)32)10-13-6-8-18(29)17(11-13)27-22(34)26(21(33)25-27)14-4-2-1-3-5-14/h1-6,8,11,16,29H,7,9-10,12,23H2,(H,24,30)(H,25,33)(H,31,32)/t16-/m0/s1. The molecule has 1 aromatic heterocycles. The number of rotatable bonds is 10. The van der Waals surface area contributed by atoms with Gasteiger partial charge in [-0.3, -0.25) is 9.59 Å². The number of phenols is 1. The molecule has 3 aromatic rings. The zero-order valence-corrected chi connectivity index (χ0v) is 17.9. The number of H-pyrrole nitrogens is 1. The third kappa shape index (κ3) is 5.48. The number of carbonyl (C=O) groups excluding carboxylic acids is 2. The molecule has 6 N–H and O–H groups in total. The first kappa shape index (κ1) is 24.2. The number of amides is 1. The monoisotopic (exact) mass is 469 g/mol. The quantitative estimate of drug-likeness (QED) is 0.261. The Balaban J connectivity index is 1.87. The molecule has 0 aliphatic carbocycles. The lowest BCUT2D eigenvalue weighted by atomic mass is 10.0. The van der Waals surface area contributed by atoms with Gasteiger partial charge in [-0.15, -0.1) is 0 Å². The van der Waals surface area contributed by atoms with Gasteiger partial charge in [-0.1, -0.05) is 24.3 Å². The number of carboxylic acids is 1. The van der Waals surface area contributed by atoms with Gasteiger partial charge in [-0.2, -0.15) is 4.68 Å². The molecular weight excluding hydrogens is 446 g/mol. The Labute approximate surface area is 192 Å². The molecule has 12 heteroatoms. The third-order valence-electron chi connectivity index (χ3n) is 5.02. The number of aromatic amines is 1. The molecule has 34 heavy (non-hydrogen) atoms. The number of nitrogens with zero attached hydrogens (tertiary/aromatic N) is 2. The Kier molecular flexibility index (Phi) is 7.43. The van der Waals surface area contributed by atoms with E-state index in [4.69, 9.17) is 5.73 Å². The average Bonchev–Trinajstić information content (AvgIpc) is 3.12. The highest BCUT2D eigenvalue weighted by Gasteiger charge is 2.22. The van der Waals surface area contributed by atoms with Crippen LogP contribution in [0.4, 0.5) is 0 Å². The molecule has 1 atom stereocenters. The van der Waals surface area contributed by atoms with E-state index < -0.39 is 29.3 Å². The van der Waals surface area contributed by atoms with Crippen LogP contribution in [0.1, 0.15) is 18.4 Å². The summed E-state index contributed by atoms with van der Waals surface area (Å²) in [5, 5.41) is 24.5. The Morgan fingerprint density at radius 3 is 2.41 bits per heavy atom. The predicted molar refractivity (Wildman–Crippen MR) is 120 cm³/mol. The number of hydrogen-bond acceptors (Lipinski definition) is 7. The number of nitrogens with two attached hydrogens (primary N) is 1. The summed E-state index contributed by atoms with van der Waals surface area (Å²) in [6.07, 6.45) is -0.492. The number of Topliss-reactive ketones (excluding diaryl/α,β-unsaturated/α-hetero) is 1. The molecule has 3 rings (SSSR count). The summed E-state index contributed by atoms with van der Waals surface area (Å²) < 4.78 is 1.73. The molecule has 0 spiro atoms. The zero-order chi connectivity index (χ0) is 24.8. The minimum absolute atomic E-state index is 0.0710. The number of aromatic nitrogens is 3. The largest absolute Gasteiger partial charge is 0.506 e. The average molecular weight is 469 g/mol. The van der Waals surface area contributed by atoms with Crippen molar-refractivity contribution in [2.24, 2.45) is 5.73 Å². The van der Waals surface area contributed by atoms with E-state index in [9.17, 15) is 34.2 Å². The summed E-state index contributed by atoms with van der Waals surface area (Å²) in [6, 6.07) is 10.8. The van der Waals surface area contributed by atoms with Crippen LogP contribution >= 0.6 is 0 Å². The molecule has 1 amide bonds. The summed E-state index contributed by atoms with van der Waals surface area (Å²) in [7, 11) is 0. The van der Waals surface area contributed by atoms with E-state index in [1.807, 2.05) is 0 Å². The fourth-order valence-electron chi connectivity index (χ4n) is 3.28. The van der Waals surface area contributed by atoms with E-state index in [0.29, 0.717) is 11.3 Å². The summed E-state index contributed by atoms with van der Waals surface area (Å²) in [5.74, 6) is -2.60. The fraction of sp³-hybridized carbons (Fsp3) is 0.227. The van der Waals surface area contributed by atoms with Gasteiger partial charge >= 0.3 is 17.3 Å². The van der Waals surface area contributed by atoms with Crippen LogP contribution in [0.25, 0.3) is 11.4 Å². The zero-order valence-electron chi connectivity index (χ0n) is 17.9. The number of carbonyl (C=O) groups is 3. The Hall–Kier alpha value is -4.45. The smallest absolute Gasteiger partial charge is 0.356 e. The number of aromatic hydroxyl groups is 1. The van der Waals surface area contributed by atoms with Crippen LogP contribution in [-0.4, -0.2) is 54.8 Å². The molecular formula is C22H23N5O7. The molecule has 0 aliphatic heterocycles. The second-order valence-corrected chi connectivity index (χ2v) is 7.43. The topological polar surface area (TPSA) is 190 Å². The SMILES string of the molecule is NCC(=O)CCC(=O)N[C@@H](Cc1ccc(O)c(-n2[nH]c(=O)n(-c3ccccc3)c2=O)c1)C(=O)O. The van der Waals surface area contributed by atoms with E-state index in [1.54, 1.807) is 30.3 Å². The molecule has 1 heterocycles. The van der Waals surface area contributed by atoms with E-state index in [1.165, 1.54) is 18.2 Å². The number of aliphatic carboxylic acids is 1. The molecule has 12 nitrogen and oxygen atoms in total. The van der Waals surface area contributed by atoms with Gasteiger partial charge in [-0.25, -0.2) is 24.0 Å². The van der Waals surface area contributed by atoms with Crippen molar-refractivity contribution >= 4 is 17.7 Å². The number of ketones is 1. The van der Waals surface area contributed by atoms with Crippen molar-refractivity contribution in [3.05, 3.63) is 75.1 Å². The van der Waals surface area contributed by atoms with Crippen molar-refractivity contribution in [2.45, 2.75) is 25.3 Å². The van der Waals surface area contributed by atoms with Gasteiger partial charge in [0, 0.05) is 19.3 Å². The number of nitrogens with one attached hydrogen (secondary N) is 2. The van der Waals surface area contributed by atoms with Gasteiger partial charge in [0.1, 0.15) is 23.3 Å². The highest BCUT2D eigenvalue weighted by atomic mass is 16.4. The maximum absolute atomic E-state index is 12.9. The minimum atomic E-state index is -1.33. The van der Waals surface area contributed by atoms with Crippen LogP contribution in [0.15, 0.2) is 58.1 Å². The van der Waals surface area contributed by atoms with Crippen molar-refractivity contribution < 1.29 is 24.6 Å². The minimum Gasteiger partial charge on any atom is -0.506 e. The second kappa shape index (κ2) is 10.4. The first-order chi connectivity index (χ1) is 16.2. The van der Waals surface area contributed by atoms with Crippen molar-refractivity contribution in [2.75, 3.05) is 6.54 Å². The van der Waals surface area contributed by atoms with E-state index >= 15 is 0 Å². The van der Waals surface area contributed by atoms with Crippen molar-refractivity contribution in [1.82, 2.24) is 19.7 Å². The van der Waals surface area contributed by atoms with Crippen molar-refractivity contribution in [1.29, 1.82) is 0 Å². The van der Waals surface area contributed by atoms with E-state index in [-0.39, 0.29) is 43.0 Å². The van der Waals surface area contributed by atoms with Gasteiger partial charge in [0.2, 0.25) is 5.91 Å². The summed E-state index contributed by atoms with van der Waals surface area (Å²) in [6.45, 7) is -0.209. The van der Waals surface area contributed by atoms with Gasteiger partial charge in [0.15, 0.2) is 0 Å². The van der Waals surface area contributed by atoms with Crippen LogP contribution in [0.3, 0.4) is 0 Å². The molecule has 0 unspecified atom stereocenters. The van der Waals surface area contributed by atoms with E-state index in [0.717, 1.165) is 9.25 Å². The van der Waals surface area contributed by atoms with Crippen molar-refractivity contribution in [3.63, 3.8) is 0 Å². The summed E-state index contributed by atoms with van der Waals surface area (Å²) >= 11 is 0. The van der Waals surface area contributed by atoms with Gasteiger partial charge in [0.25, 0.3) is 0 Å². The number of hydrogen-bond donors (Lipinski definition) is 5. The normalized spacial score (nSPS) is 11.7. The highest BCUT2D eigenvalue weighted by molar-refractivity contribution is 5.88. The molecule has 2 aromatic carbocycles. The van der Waals surface area contributed by atoms with E-state index in [2.05, 4.69) is 10.4 Å². The van der Waals surface area contributed by atoms with Gasteiger partial charge < -0.3 is 21.3 Å². The Bertz CT molecular complexity index is 1320. The predicted octanol–water partition coefficient (Wildman–Crippen LogP) is -0.558. The maximum Gasteiger partial charge on any atom is 0.356 e. The molecule has 0 saturated carbocycles. The highest BCUT2D eigenvalue weighted by Crippen LogP contribution is 2.22. The Morgan fingerprint density at radius 2 is 1.76 bits per heavy atom. The van der Waals surface area contributed by atoms with Crippen LogP contribution in [0.2, 0.25) is 0 Å². The van der Waals surface area contributed by atoms with Crippen molar-refractivity contribution in [3.8, 4) is 17.1 Å². The van der Waals surface area contributed by atoms with Crippen LogP contribution < -0.4 is 22.4 Å². The number of para-hydroxylation sites is 1. The molecule has 0 fully saturated rings. The third-order valence-corrected chi connectivity index (χ3v) is 5.02. The first-order valence-electron chi connectivity index (χ1n) is 10.3. The fourth-order valence-corrected chi connectivity index (χ4v) is 3.28. The molecule has 0 bridgehead atoms. The molecule has 0 radical (unpaired) electrons. The molecule has 178 valence electrons. The lowest BCUT2D eigenvalue weighted by molar-refractivity contribution is -0.141. The Morgan fingerprint density at radius 1 is 1.06 bits per heavy atom. The van der Waals surface area contributed by atoms with Crippen LogP contribution in [0, 0.1) is 0 Å². The van der Waals surface area contributed by atoms with Gasteiger partial charge in [0.05, 0.1) is 12.2 Å². The maximum atomic E-state index is 12.9. The van der Waals surface area contributed by atoms with Crippen LogP contribution in [-0.2, 0) is 20.8 Å². The second-order valence-electron chi connectivity index (χ2n) is 7.43.